The van der Waals surface area contributed by atoms with E-state index in [1.807, 2.05) is 0 Å². The van der Waals surface area contributed by atoms with Gasteiger partial charge in [0.15, 0.2) is 0 Å². The van der Waals surface area contributed by atoms with Crippen LogP contribution in [0.5, 0.6) is 0 Å². The van der Waals surface area contributed by atoms with Crippen molar-refractivity contribution in [1.29, 1.82) is 0 Å². The van der Waals surface area contributed by atoms with E-state index < -0.39 is 0 Å². The first-order chi connectivity index (χ1) is 3.75. The van der Waals surface area contributed by atoms with E-state index in [4.69, 9.17) is 5.11 Å². The van der Waals surface area contributed by atoms with Gasteiger partial charge in [-0.3, -0.25) is 0 Å². The Balaban J connectivity index is 2.50. The molecule has 0 amide bonds. The third kappa shape index (κ3) is 0.671. The second-order valence-electron chi connectivity index (χ2n) is 2.55. The lowest BCUT2D eigenvalue weighted by Crippen LogP contribution is -2.21. The lowest BCUT2D eigenvalue weighted by Gasteiger charge is -2.29. The van der Waals surface area contributed by atoms with Crippen LogP contribution < -0.4 is 0 Å². The Morgan fingerprint density at radius 1 is 1.62 bits per heavy atom. The molecule has 1 nitrogen and oxygen atoms in total. The van der Waals surface area contributed by atoms with Crippen molar-refractivity contribution in [3.63, 3.8) is 0 Å². The van der Waals surface area contributed by atoms with Crippen molar-refractivity contribution in [2.75, 3.05) is 6.61 Å². The van der Waals surface area contributed by atoms with Gasteiger partial charge in [-0.2, -0.15) is 0 Å². The fraction of sp³-hybridized carbons (Fsp3) is 0.714. The second kappa shape index (κ2) is 1.90. The summed E-state index contributed by atoms with van der Waals surface area (Å²) >= 11 is 0. The highest BCUT2D eigenvalue weighted by Gasteiger charge is 2.22. The minimum atomic E-state index is 0.255. The minimum Gasteiger partial charge on any atom is -0.392 e. The Kier molecular flexibility index (Phi) is 1.39. The zero-order chi connectivity index (χ0) is 6.15. The predicted molar refractivity (Wildman–Crippen MR) is 33.5 cm³/mol. The van der Waals surface area contributed by atoms with Gasteiger partial charge in [0.1, 0.15) is 0 Å². The summed E-state index contributed by atoms with van der Waals surface area (Å²) in [5.41, 5.74) is 1.21. The van der Waals surface area contributed by atoms with Crippen molar-refractivity contribution in [3.8, 4) is 0 Å². The van der Waals surface area contributed by atoms with Crippen LogP contribution in [0.15, 0.2) is 11.6 Å². The van der Waals surface area contributed by atoms with Crippen molar-refractivity contribution < 1.29 is 5.11 Å². The number of aliphatic hydroxyl groups excluding tert-OH is 1. The Hall–Kier alpha value is -0.300. The van der Waals surface area contributed by atoms with Crippen molar-refractivity contribution in [2.45, 2.75) is 13.8 Å². The maximum absolute atomic E-state index is 8.61. The van der Waals surface area contributed by atoms with E-state index in [2.05, 4.69) is 19.9 Å². The Morgan fingerprint density at radius 3 is 2.38 bits per heavy atom. The van der Waals surface area contributed by atoms with Crippen LogP contribution in [0.25, 0.3) is 0 Å². The quantitative estimate of drug-likeness (QED) is 0.505. The number of hydrogen-bond donors (Lipinski definition) is 1. The standard InChI is InChI=1S/C7H12O/c1-5-3-7(4-8)6(5)2/h3,5-6,8H,4H2,1-2H3. The summed E-state index contributed by atoms with van der Waals surface area (Å²) in [7, 11) is 0. The molecular weight excluding hydrogens is 100 g/mol. The van der Waals surface area contributed by atoms with Crippen LogP contribution in [0.1, 0.15) is 13.8 Å². The first-order valence-electron chi connectivity index (χ1n) is 3.07. The van der Waals surface area contributed by atoms with Gasteiger partial charge in [-0.05, 0) is 17.4 Å². The highest BCUT2D eigenvalue weighted by atomic mass is 16.3. The fourth-order valence-corrected chi connectivity index (χ4v) is 1.05. The zero-order valence-electron chi connectivity index (χ0n) is 5.39. The molecule has 0 saturated heterocycles. The van der Waals surface area contributed by atoms with E-state index >= 15 is 0 Å². The smallest absolute Gasteiger partial charge is 0.0644 e. The summed E-state index contributed by atoms with van der Waals surface area (Å²) in [6.07, 6.45) is 2.13. The number of rotatable bonds is 1. The summed E-state index contributed by atoms with van der Waals surface area (Å²) in [5, 5.41) is 8.61. The molecule has 1 aliphatic rings. The Morgan fingerprint density at radius 2 is 2.25 bits per heavy atom. The molecule has 1 aliphatic carbocycles. The molecule has 0 fully saturated rings. The largest absolute Gasteiger partial charge is 0.392 e. The van der Waals surface area contributed by atoms with E-state index in [0.29, 0.717) is 11.8 Å². The highest BCUT2D eigenvalue weighted by molar-refractivity contribution is 5.20. The van der Waals surface area contributed by atoms with Crippen LogP contribution >= 0.6 is 0 Å². The molecular formula is C7H12O. The van der Waals surface area contributed by atoms with Gasteiger partial charge in [-0.15, -0.1) is 0 Å². The van der Waals surface area contributed by atoms with E-state index in [1.54, 1.807) is 0 Å². The molecule has 1 rings (SSSR count). The topological polar surface area (TPSA) is 20.2 Å². The lowest BCUT2D eigenvalue weighted by atomic mass is 9.77. The molecule has 0 aromatic heterocycles. The van der Waals surface area contributed by atoms with Crippen LogP contribution in [0, 0.1) is 11.8 Å². The van der Waals surface area contributed by atoms with E-state index in [0.717, 1.165) is 0 Å². The average Bonchev–Trinajstić information content (AvgIpc) is 1.81. The first kappa shape index (κ1) is 5.83. The van der Waals surface area contributed by atoms with Gasteiger partial charge in [0.05, 0.1) is 6.61 Å². The second-order valence-corrected chi connectivity index (χ2v) is 2.55. The Bertz CT molecular complexity index is 116. The number of aliphatic hydroxyl groups is 1. The van der Waals surface area contributed by atoms with Crippen molar-refractivity contribution in [2.24, 2.45) is 11.8 Å². The molecule has 0 radical (unpaired) electrons. The predicted octanol–water partition coefficient (Wildman–Crippen LogP) is 1.19. The summed E-state index contributed by atoms with van der Waals surface area (Å²) in [4.78, 5) is 0. The van der Waals surface area contributed by atoms with E-state index in [1.165, 1.54) is 5.57 Å². The lowest BCUT2D eigenvalue weighted by molar-refractivity contribution is 0.287. The van der Waals surface area contributed by atoms with Crippen molar-refractivity contribution in [3.05, 3.63) is 11.6 Å². The molecule has 0 aromatic rings. The van der Waals surface area contributed by atoms with Gasteiger partial charge >= 0.3 is 0 Å². The molecule has 2 unspecified atom stereocenters. The third-order valence-corrected chi connectivity index (χ3v) is 2.03. The van der Waals surface area contributed by atoms with E-state index in [-0.39, 0.29) is 6.61 Å². The van der Waals surface area contributed by atoms with Crippen LogP contribution in [-0.4, -0.2) is 11.7 Å². The molecule has 46 valence electrons. The molecule has 8 heavy (non-hydrogen) atoms. The fourth-order valence-electron chi connectivity index (χ4n) is 1.05. The van der Waals surface area contributed by atoms with Crippen LogP contribution in [-0.2, 0) is 0 Å². The SMILES string of the molecule is CC1C=C(CO)C1C. The molecule has 1 N–H and O–H groups in total. The molecule has 2 atom stereocenters. The van der Waals surface area contributed by atoms with Gasteiger partial charge in [0.25, 0.3) is 0 Å². The van der Waals surface area contributed by atoms with Crippen molar-refractivity contribution in [1.82, 2.24) is 0 Å². The molecule has 0 spiro atoms. The number of allylic oxidation sites excluding steroid dienone is 1. The average molecular weight is 112 g/mol. The maximum Gasteiger partial charge on any atom is 0.0644 e. The highest BCUT2D eigenvalue weighted by Crippen LogP contribution is 2.31. The number of hydrogen-bond acceptors (Lipinski definition) is 1. The van der Waals surface area contributed by atoms with Crippen LogP contribution in [0.4, 0.5) is 0 Å². The first-order valence-corrected chi connectivity index (χ1v) is 3.07. The summed E-state index contributed by atoms with van der Waals surface area (Å²) in [6.45, 7) is 4.57. The van der Waals surface area contributed by atoms with Gasteiger partial charge in [0.2, 0.25) is 0 Å². The molecule has 0 bridgehead atoms. The van der Waals surface area contributed by atoms with Gasteiger partial charge < -0.3 is 5.11 Å². The zero-order valence-corrected chi connectivity index (χ0v) is 5.39. The summed E-state index contributed by atoms with van der Waals surface area (Å²) < 4.78 is 0. The molecule has 0 heterocycles. The summed E-state index contributed by atoms with van der Waals surface area (Å²) in [6, 6.07) is 0. The maximum atomic E-state index is 8.61. The normalized spacial score (nSPS) is 36.1. The van der Waals surface area contributed by atoms with Gasteiger partial charge in [-0.25, -0.2) is 0 Å². The summed E-state index contributed by atoms with van der Waals surface area (Å²) in [5.74, 6) is 1.32. The van der Waals surface area contributed by atoms with Gasteiger partial charge in [-0.1, -0.05) is 19.9 Å². The Labute approximate surface area is 50.0 Å². The van der Waals surface area contributed by atoms with Crippen LogP contribution in [0.3, 0.4) is 0 Å². The molecule has 0 aromatic carbocycles. The molecule has 0 saturated carbocycles. The van der Waals surface area contributed by atoms with Crippen LogP contribution in [0.2, 0.25) is 0 Å². The minimum absolute atomic E-state index is 0.255. The van der Waals surface area contributed by atoms with Gasteiger partial charge in [0, 0.05) is 0 Å². The molecule has 1 heteroatoms. The third-order valence-electron chi connectivity index (χ3n) is 2.03. The van der Waals surface area contributed by atoms with Crippen molar-refractivity contribution >= 4 is 0 Å². The van der Waals surface area contributed by atoms with E-state index in [9.17, 15) is 0 Å². The monoisotopic (exact) mass is 112 g/mol. The molecule has 0 aliphatic heterocycles.